The number of nitrogens with zero attached hydrogens (tertiary/aromatic N) is 2. The highest BCUT2D eigenvalue weighted by Gasteiger charge is 2.22. The van der Waals surface area contributed by atoms with Crippen LogP contribution in [0, 0.1) is 6.92 Å². The summed E-state index contributed by atoms with van der Waals surface area (Å²) in [6.07, 6.45) is 5.01. The number of carbonyl (C=O) groups excluding carboxylic acids is 1. The standard InChI is InChI=1S/C20H27N3O2.CH2O2/c1-16-13-19(25-22-16)14-20(24)21-11-10-18-9-5-6-12-23(18)15-17-7-3-2-4-8-17;2-1-3/h2-4,7-8,13,18H,5-6,9-12,14-15H2,1H3,(H,21,24);1H,(H,2,3). The van der Waals surface area contributed by atoms with Crippen LogP contribution in [0.5, 0.6) is 0 Å². The fraction of sp³-hybridized carbons (Fsp3) is 0.476. The zero-order valence-corrected chi connectivity index (χ0v) is 16.3. The smallest absolute Gasteiger partial charge is 0.290 e. The molecule has 2 aromatic rings. The molecule has 1 saturated heterocycles. The van der Waals surface area contributed by atoms with Crippen LogP contribution in [0.3, 0.4) is 0 Å². The van der Waals surface area contributed by atoms with E-state index < -0.39 is 0 Å². The highest BCUT2D eigenvalue weighted by molar-refractivity contribution is 5.77. The van der Waals surface area contributed by atoms with Gasteiger partial charge in [0.05, 0.1) is 12.1 Å². The summed E-state index contributed by atoms with van der Waals surface area (Å²) in [5.74, 6) is 0.625. The Morgan fingerprint density at radius 2 is 2.11 bits per heavy atom. The van der Waals surface area contributed by atoms with Crippen molar-refractivity contribution in [1.29, 1.82) is 0 Å². The van der Waals surface area contributed by atoms with E-state index in [1.165, 1.54) is 24.8 Å². The number of carbonyl (C=O) groups is 2. The van der Waals surface area contributed by atoms with Gasteiger partial charge in [-0.15, -0.1) is 0 Å². The van der Waals surface area contributed by atoms with Crippen molar-refractivity contribution in [2.75, 3.05) is 13.1 Å². The van der Waals surface area contributed by atoms with Crippen molar-refractivity contribution in [2.45, 2.75) is 51.6 Å². The molecular formula is C21H29N3O4. The van der Waals surface area contributed by atoms with Gasteiger partial charge < -0.3 is 14.9 Å². The summed E-state index contributed by atoms with van der Waals surface area (Å²) < 4.78 is 5.10. The molecule has 152 valence electrons. The molecule has 1 unspecified atom stereocenters. The molecule has 1 atom stereocenters. The number of hydrogen-bond donors (Lipinski definition) is 2. The van der Waals surface area contributed by atoms with Crippen LogP contribution in [0.15, 0.2) is 40.9 Å². The first-order chi connectivity index (χ1) is 13.6. The van der Waals surface area contributed by atoms with Crippen LogP contribution < -0.4 is 5.32 Å². The lowest BCUT2D eigenvalue weighted by Gasteiger charge is -2.36. The van der Waals surface area contributed by atoms with Crippen LogP contribution in [0.1, 0.15) is 42.7 Å². The lowest BCUT2D eigenvalue weighted by atomic mass is 9.98. The molecular weight excluding hydrogens is 358 g/mol. The van der Waals surface area contributed by atoms with Gasteiger partial charge in [0, 0.05) is 25.2 Å². The molecule has 0 saturated carbocycles. The number of carboxylic acid groups (broad SMARTS) is 1. The predicted octanol–water partition coefficient (Wildman–Crippen LogP) is 2.79. The normalized spacial score (nSPS) is 16.7. The molecule has 1 aromatic heterocycles. The van der Waals surface area contributed by atoms with E-state index in [-0.39, 0.29) is 18.8 Å². The molecule has 2 heterocycles. The average Bonchev–Trinajstić information content (AvgIpc) is 3.09. The first kappa shape index (κ1) is 21.6. The van der Waals surface area contributed by atoms with Crippen LogP contribution in [0.2, 0.25) is 0 Å². The maximum Gasteiger partial charge on any atom is 0.290 e. The Hall–Kier alpha value is -2.67. The van der Waals surface area contributed by atoms with E-state index in [4.69, 9.17) is 14.4 Å². The minimum Gasteiger partial charge on any atom is -0.483 e. The van der Waals surface area contributed by atoms with E-state index in [2.05, 4.69) is 45.7 Å². The molecule has 28 heavy (non-hydrogen) atoms. The van der Waals surface area contributed by atoms with Gasteiger partial charge in [-0.2, -0.15) is 0 Å². The van der Waals surface area contributed by atoms with Crippen LogP contribution in [0.25, 0.3) is 0 Å². The van der Waals surface area contributed by atoms with Crippen molar-refractivity contribution in [2.24, 2.45) is 0 Å². The Kier molecular flexibility index (Phi) is 9.21. The summed E-state index contributed by atoms with van der Waals surface area (Å²) in [7, 11) is 0. The van der Waals surface area contributed by atoms with Crippen LogP contribution >= 0.6 is 0 Å². The third-order valence-corrected chi connectivity index (χ3v) is 4.79. The summed E-state index contributed by atoms with van der Waals surface area (Å²) in [6.45, 7) is 4.46. The molecule has 0 bridgehead atoms. The topological polar surface area (TPSA) is 95.7 Å². The summed E-state index contributed by atoms with van der Waals surface area (Å²) in [6, 6.07) is 13.0. The van der Waals surface area contributed by atoms with Crippen LogP contribution in [-0.2, 0) is 22.6 Å². The second-order valence-corrected chi connectivity index (χ2v) is 6.96. The number of amides is 1. The molecule has 7 nitrogen and oxygen atoms in total. The number of benzene rings is 1. The van der Waals surface area contributed by atoms with E-state index in [0.717, 1.165) is 25.2 Å². The third-order valence-electron chi connectivity index (χ3n) is 4.79. The molecule has 0 radical (unpaired) electrons. The maximum absolute atomic E-state index is 12.0. The zero-order chi connectivity index (χ0) is 20.2. The summed E-state index contributed by atoms with van der Waals surface area (Å²) in [4.78, 5) is 22.9. The first-order valence-corrected chi connectivity index (χ1v) is 9.67. The Morgan fingerprint density at radius 1 is 1.36 bits per heavy atom. The number of piperidine rings is 1. The Labute approximate surface area is 165 Å². The molecule has 1 aromatic carbocycles. The second-order valence-electron chi connectivity index (χ2n) is 6.96. The highest BCUT2D eigenvalue weighted by atomic mass is 16.5. The first-order valence-electron chi connectivity index (χ1n) is 9.67. The predicted molar refractivity (Wildman–Crippen MR) is 106 cm³/mol. The lowest BCUT2D eigenvalue weighted by Crippen LogP contribution is -2.41. The van der Waals surface area contributed by atoms with E-state index in [0.29, 0.717) is 18.3 Å². The van der Waals surface area contributed by atoms with Gasteiger partial charge >= 0.3 is 0 Å². The Balaban J connectivity index is 0.000000878. The van der Waals surface area contributed by atoms with E-state index in [9.17, 15) is 4.79 Å². The quantitative estimate of drug-likeness (QED) is 0.709. The van der Waals surface area contributed by atoms with Gasteiger partial charge in [0.15, 0.2) is 0 Å². The molecule has 3 rings (SSSR count). The van der Waals surface area contributed by atoms with Crippen LogP contribution in [-0.4, -0.2) is 46.7 Å². The Bertz CT molecular complexity index is 717. The third kappa shape index (κ3) is 7.52. The minimum atomic E-state index is -0.250. The van der Waals surface area contributed by atoms with Gasteiger partial charge in [-0.05, 0) is 38.3 Å². The molecule has 0 spiro atoms. The SMILES string of the molecule is Cc1cc(CC(=O)NCCC2CCCCN2Cc2ccccc2)on1.O=CO. The van der Waals surface area contributed by atoms with Crippen molar-refractivity contribution < 1.29 is 19.2 Å². The second kappa shape index (κ2) is 11.9. The largest absolute Gasteiger partial charge is 0.483 e. The fourth-order valence-electron chi connectivity index (χ4n) is 3.51. The summed E-state index contributed by atoms with van der Waals surface area (Å²) in [5, 5.41) is 13.7. The van der Waals surface area contributed by atoms with Gasteiger partial charge in [0.1, 0.15) is 5.76 Å². The van der Waals surface area contributed by atoms with Gasteiger partial charge in [-0.3, -0.25) is 14.5 Å². The number of aryl methyl sites for hydroxylation is 1. The average molecular weight is 387 g/mol. The monoisotopic (exact) mass is 387 g/mol. The molecule has 1 amide bonds. The molecule has 1 aliphatic rings. The van der Waals surface area contributed by atoms with Gasteiger partial charge in [0.25, 0.3) is 6.47 Å². The summed E-state index contributed by atoms with van der Waals surface area (Å²) in [5.41, 5.74) is 2.17. The Morgan fingerprint density at radius 3 is 2.79 bits per heavy atom. The van der Waals surface area contributed by atoms with Crippen molar-refractivity contribution in [3.8, 4) is 0 Å². The number of rotatable bonds is 7. The molecule has 2 N–H and O–H groups in total. The van der Waals surface area contributed by atoms with Crippen molar-refractivity contribution >= 4 is 12.4 Å². The molecule has 0 aliphatic carbocycles. The molecule has 1 fully saturated rings. The van der Waals surface area contributed by atoms with E-state index in [1.54, 1.807) is 0 Å². The zero-order valence-electron chi connectivity index (χ0n) is 16.3. The fourth-order valence-corrected chi connectivity index (χ4v) is 3.51. The highest BCUT2D eigenvalue weighted by Crippen LogP contribution is 2.21. The minimum absolute atomic E-state index is 0.00145. The van der Waals surface area contributed by atoms with Crippen molar-refractivity contribution in [3.05, 3.63) is 53.4 Å². The summed E-state index contributed by atoms with van der Waals surface area (Å²) >= 11 is 0. The van der Waals surface area contributed by atoms with Gasteiger partial charge in [0.2, 0.25) is 5.91 Å². The van der Waals surface area contributed by atoms with E-state index >= 15 is 0 Å². The number of aromatic nitrogens is 1. The maximum atomic E-state index is 12.0. The van der Waals surface area contributed by atoms with E-state index in [1.807, 2.05) is 13.0 Å². The number of hydrogen-bond acceptors (Lipinski definition) is 5. The molecule has 1 aliphatic heterocycles. The van der Waals surface area contributed by atoms with Crippen LogP contribution in [0.4, 0.5) is 0 Å². The number of likely N-dealkylation sites (tertiary alicyclic amines) is 1. The lowest BCUT2D eigenvalue weighted by molar-refractivity contribution is -0.123. The number of nitrogens with one attached hydrogen (secondary N) is 1. The van der Waals surface area contributed by atoms with Gasteiger partial charge in [-0.1, -0.05) is 41.9 Å². The van der Waals surface area contributed by atoms with Crippen molar-refractivity contribution in [1.82, 2.24) is 15.4 Å². The molecule has 7 heteroatoms. The van der Waals surface area contributed by atoms with Crippen molar-refractivity contribution in [3.63, 3.8) is 0 Å². The van der Waals surface area contributed by atoms with Gasteiger partial charge in [-0.25, -0.2) is 0 Å².